The lowest BCUT2D eigenvalue weighted by Gasteiger charge is -2.20. The smallest absolute Gasteiger partial charge is 0.141 e. The molecule has 1 aliphatic rings. The second-order valence-electron chi connectivity index (χ2n) is 4.55. The fourth-order valence-electron chi connectivity index (χ4n) is 2.13. The Bertz CT molecular complexity index is 606. The molecule has 19 heavy (non-hydrogen) atoms. The summed E-state index contributed by atoms with van der Waals surface area (Å²) in [7, 11) is 2.09. The van der Waals surface area contributed by atoms with Crippen LogP contribution in [0.25, 0.3) is 15.9 Å². The molecular weight excluding hydrogens is 258 g/mol. The number of H-pyrrole nitrogens is 1. The summed E-state index contributed by atoms with van der Waals surface area (Å²) in [5, 5.41) is 4.58. The van der Waals surface area contributed by atoms with Gasteiger partial charge in [0.1, 0.15) is 17.5 Å². The van der Waals surface area contributed by atoms with E-state index >= 15 is 0 Å². The number of rotatable bonds is 4. The van der Waals surface area contributed by atoms with Gasteiger partial charge in [0.15, 0.2) is 0 Å². The zero-order valence-corrected chi connectivity index (χ0v) is 11.9. The molecule has 0 fully saturated rings. The summed E-state index contributed by atoms with van der Waals surface area (Å²) in [6.45, 7) is 3.20. The van der Waals surface area contributed by atoms with Crippen LogP contribution >= 0.6 is 11.8 Å². The first-order valence-electron chi connectivity index (χ1n) is 6.42. The van der Waals surface area contributed by atoms with Crippen LogP contribution in [0.1, 0.15) is 19.0 Å². The lowest BCUT2D eigenvalue weighted by molar-refractivity contribution is 0.380. The third-order valence-electron chi connectivity index (χ3n) is 3.09. The second-order valence-corrected chi connectivity index (χ2v) is 5.67. The Kier molecular flexibility index (Phi) is 3.44. The van der Waals surface area contributed by atoms with E-state index in [4.69, 9.17) is 0 Å². The molecule has 6 heteroatoms. The van der Waals surface area contributed by atoms with E-state index in [-0.39, 0.29) is 0 Å². The van der Waals surface area contributed by atoms with Crippen LogP contribution in [0.3, 0.4) is 0 Å². The predicted molar refractivity (Wildman–Crippen MR) is 79.3 cm³/mol. The average Bonchev–Trinajstić information content (AvgIpc) is 3.02. The molecule has 0 radical (unpaired) electrons. The zero-order valence-electron chi connectivity index (χ0n) is 11.1. The van der Waals surface area contributed by atoms with Crippen molar-refractivity contribution < 1.29 is 0 Å². The molecule has 1 unspecified atom stereocenters. The topological polar surface area (TPSA) is 56.8 Å². The molecule has 1 aliphatic heterocycles. The first kappa shape index (κ1) is 12.5. The van der Waals surface area contributed by atoms with Crippen LogP contribution in [-0.2, 0) is 0 Å². The van der Waals surface area contributed by atoms with Crippen LogP contribution in [-0.4, -0.2) is 38.9 Å². The molecule has 1 atom stereocenters. The molecule has 3 rings (SSSR count). The number of hydrogen-bond donors (Lipinski definition) is 2. The van der Waals surface area contributed by atoms with Gasteiger partial charge in [0, 0.05) is 24.8 Å². The van der Waals surface area contributed by atoms with Gasteiger partial charge in [0.2, 0.25) is 0 Å². The summed E-state index contributed by atoms with van der Waals surface area (Å²) < 4.78 is 0. The quantitative estimate of drug-likeness (QED) is 0.896. The van der Waals surface area contributed by atoms with Gasteiger partial charge in [0.25, 0.3) is 0 Å². The van der Waals surface area contributed by atoms with E-state index in [0.29, 0.717) is 5.50 Å². The van der Waals surface area contributed by atoms with Crippen molar-refractivity contribution in [1.82, 2.24) is 25.2 Å². The minimum atomic E-state index is 0.291. The minimum Gasteiger partial charge on any atom is -0.355 e. The molecule has 0 aliphatic carbocycles. The second kappa shape index (κ2) is 5.22. The van der Waals surface area contributed by atoms with Crippen molar-refractivity contribution in [2.24, 2.45) is 0 Å². The molecule has 2 aromatic heterocycles. The van der Waals surface area contributed by atoms with Gasteiger partial charge in [-0.1, -0.05) is 18.7 Å². The summed E-state index contributed by atoms with van der Waals surface area (Å²) in [6.07, 6.45) is 6.80. The third-order valence-corrected chi connectivity index (χ3v) is 4.36. The number of nitrogens with one attached hydrogen (secondary N) is 2. The van der Waals surface area contributed by atoms with Crippen LogP contribution < -0.4 is 5.32 Å². The fourth-order valence-corrected chi connectivity index (χ4v) is 3.30. The molecule has 3 heterocycles. The molecule has 0 aromatic carbocycles. The lowest BCUT2D eigenvalue weighted by atomic mass is 10.3. The van der Waals surface area contributed by atoms with Gasteiger partial charge >= 0.3 is 0 Å². The van der Waals surface area contributed by atoms with E-state index in [2.05, 4.69) is 45.3 Å². The molecule has 100 valence electrons. The van der Waals surface area contributed by atoms with Crippen LogP contribution in [0.4, 0.5) is 0 Å². The summed E-state index contributed by atoms with van der Waals surface area (Å²) >= 11 is 1.80. The fraction of sp³-hybridized carbons (Fsp3) is 0.385. The maximum absolute atomic E-state index is 4.44. The van der Waals surface area contributed by atoms with Crippen LogP contribution in [0.15, 0.2) is 24.8 Å². The number of aromatic amines is 1. The summed E-state index contributed by atoms with van der Waals surface area (Å²) in [4.78, 5) is 15.2. The molecule has 0 spiro atoms. The highest BCUT2D eigenvalue weighted by Gasteiger charge is 2.24. The molecule has 5 nitrogen and oxygen atoms in total. The van der Waals surface area contributed by atoms with Gasteiger partial charge in [0.05, 0.1) is 10.6 Å². The predicted octanol–water partition coefficient (Wildman–Crippen LogP) is 2.22. The Labute approximate surface area is 116 Å². The molecule has 0 bridgehead atoms. The van der Waals surface area contributed by atoms with Gasteiger partial charge in [-0.2, -0.15) is 0 Å². The maximum atomic E-state index is 4.44. The molecular formula is C13H17N5S. The van der Waals surface area contributed by atoms with E-state index in [1.54, 1.807) is 18.1 Å². The Hall–Kier alpha value is -1.53. The zero-order chi connectivity index (χ0) is 13.2. The summed E-state index contributed by atoms with van der Waals surface area (Å²) in [5.74, 6) is 0. The van der Waals surface area contributed by atoms with Gasteiger partial charge in [-0.05, 0) is 19.0 Å². The van der Waals surface area contributed by atoms with Crippen molar-refractivity contribution >= 4 is 27.7 Å². The average molecular weight is 275 g/mol. The number of nitrogens with zero attached hydrogens (tertiary/aromatic N) is 3. The van der Waals surface area contributed by atoms with Gasteiger partial charge < -0.3 is 9.88 Å². The van der Waals surface area contributed by atoms with Crippen molar-refractivity contribution in [2.75, 3.05) is 13.6 Å². The molecule has 2 aromatic rings. The molecule has 0 saturated heterocycles. The Balaban J connectivity index is 1.87. The number of fused-ring (bicyclic) bond motifs is 1. The number of thioether (sulfide) groups is 1. The number of aromatic nitrogens is 3. The normalized spacial score (nSPS) is 19.2. The van der Waals surface area contributed by atoms with E-state index in [1.165, 1.54) is 4.91 Å². The van der Waals surface area contributed by atoms with Crippen LogP contribution in [0, 0.1) is 0 Å². The maximum Gasteiger partial charge on any atom is 0.141 e. The van der Waals surface area contributed by atoms with Crippen LogP contribution in [0.2, 0.25) is 0 Å². The largest absolute Gasteiger partial charge is 0.355 e. The Morgan fingerprint density at radius 1 is 1.47 bits per heavy atom. The summed E-state index contributed by atoms with van der Waals surface area (Å²) in [5.41, 5.74) is 2.18. The molecule has 0 amide bonds. The highest BCUT2D eigenvalue weighted by Crippen LogP contribution is 2.38. The Morgan fingerprint density at radius 3 is 3.21 bits per heavy atom. The van der Waals surface area contributed by atoms with E-state index in [9.17, 15) is 0 Å². The van der Waals surface area contributed by atoms with Crippen molar-refractivity contribution in [2.45, 2.75) is 18.8 Å². The van der Waals surface area contributed by atoms with E-state index < -0.39 is 0 Å². The molecule has 0 saturated carbocycles. The first-order valence-corrected chi connectivity index (χ1v) is 7.30. The van der Waals surface area contributed by atoms with Crippen molar-refractivity contribution in [3.63, 3.8) is 0 Å². The highest BCUT2D eigenvalue weighted by atomic mass is 32.2. The van der Waals surface area contributed by atoms with Gasteiger partial charge in [-0.15, -0.1) is 0 Å². The lowest BCUT2D eigenvalue weighted by Crippen LogP contribution is -2.35. The van der Waals surface area contributed by atoms with Gasteiger partial charge in [-0.3, -0.25) is 5.32 Å². The van der Waals surface area contributed by atoms with E-state index in [1.807, 2.05) is 12.3 Å². The SMILES string of the molecule is CCCNC1SC(c2ncnc3[nH]ccc23)=CN1C. The van der Waals surface area contributed by atoms with Crippen LogP contribution in [0.5, 0.6) is 0 Å². The number of hydrogen-bond acceptors (Lipinski definition) is 5. The van der Waals surface area contributed by atoms with Crippen molar-refractivity contribution in [3.8, 4) is 0 Å². The third kappa shape index (κ3) is 2.33. The van der Waals surface area contributed by atoms with E-state index in [0.717, 1.165) is 29.7 Å². The first-order chi connectivity index (χ1) is 9.29. The highest BCUT2D eigenvalue weighted by molar-refractivity contribution is 8.09. The molecule has 2 N–H and O–H groups in total. The van der Waals surface area contributed by atoms with Gasteiger partial charge in [-0.25, -0.2) is 9.97 Å². The standard InChI is InChI=1S/C13H17N5S/c1-3-5-15-13-18(2)7-10(19-13)11-9-4-6-14-12(9)17-8-16-11/h4,6-8,13,15H,3,5H2,1-2H3,(H,14,16,17). The minimum absolute atomic E-state index is 0.291. The van der Waals surface area contributed by atoms with Crippen molar-refractivity contribution in [3.05, 3.63) is 30.5 Å². The van der Waals surface area contributed by atoms with Crippen molar-refractivity contribution in [1.29, 1.82) is 0 Å². The monoisotopic (exact) mass is 275 g/mol. The summed E-state index contributed by atoms with van der Waals surface area (Å²) in [6, 6.07) is 2.03. The Morgan fingerprint density at radius 2 is 2.37 bits per heavy atom.